The summed E-state index contributed by atoms with van der Waals surface area (Å²) in [6.07, 6.45) is 4.90. The van der Waals surface area contributed by atoms with Gasteiger partial charge in [-0.15, -0.1) is 0 Å². The summed E-state index contributed by atoms with van der Waals surface area (Å²) >= 11 is 0. The number of benzene rings is 1. The van der Waals surface area contributed by atoms with Gasteiger partial charge in [0.1, 0.15) is 6.54 Å². The molecule has 8 nitrogen and oxygen atoms in total. The van der Waals surface area contributed by atoms with Crippen LogP contribution >= 0.6 is 0 Å². The van der Waals surface area contributed by atoms with E-state index in [1.165, 1.54) is 15.3 Å². The molecule has 9 heteroatoms. The van der Waals surface area contributed by atoms with Crippen LogP contribution in [0.1, 0.15) is 44.6 Å². The molecule has 1 N–H and O–H groups in total. The molecule has 3 aliphatic rings. The second-order valence-corrected chi connectivity index (χ2v) is 10.7. The molecule has 2 amide bonds. The van der Waals surface area contributed by atoms with Crippen molar-refractivity contribution in [3.05, 3.63) is 23.8 Å². The van der Waals surface area contributed by atoms with E-state index in [-0.39, 0.29) is 35.7 Å². The summed E-state index contributed by atoms with van der Waals surface area (Å²) in [5.41, 5.74) is 1.41. The largest absolute Gasteiger partial charge is 0.379 e. The van der Waals surface area contributed by atoms with Gasteiger partial charge in [-0.3, -0.25) is 9.59 Å². The molecule has 0 radical (unpaired) electrons. The number of hydrogen-bond donors (Lipinski definition) is 1. The monoisotopic (exact) mass is 449 g/mol. The maximum Gasteiger partial charge on any atom is 0.243 e. The van der Waals surface area contributed by atoms with Gasteiger partial charge in [0.15, 0.2) is 0 Å². The van der Waals surface area contributed by atoms with Crippen molar-refractivity contribution < 1.29 is 22.7 Å². The number of carbonyl (C=O) groups excluding carboxylic acids is 2. The SMILES string of the molecule is CC1CCC(NC(=O)CN2C(=O)CCc3cc(S(=O)(=O)N4CCOCC4)ccc32)CC1. The fourth-order valence-corrected chi connectivity index (χ4v) is 6.09. The van der Waals surface area contributed by atoms with Crippen molar-refractivity contribution in [2.75, 3.05) is 37.7 Å². The number of aryl methyl sites for hydroxylation is 1. The van der Waals surface area contributed by atoms with E-state index < -0.39 is 10.0 Å². The van der Waals surface area contributed by atoms with Gasteiger partial charge in [0.2, 0.25) is 21.8 Å². The summed E-state index contributed by atoms with van der Waals surface area (Å²) in [5, 5.41) is 3.07. The van der Waals surface area contributed by atoms with Crippen molar-refractivity contribution in [3.63, 3.8) is 0 Å². The molecule has 1 saturated carbocycles. The lowest BCUT2D eigenvalue weighted by Crippen LogP contribution is -2.46. The summed E-state index contributed by atoms with van der Waals surface area (Å²) in [4.78, 5) is 26.9. The number of nitrogens with zero attached hydrogens (tertiary/aromatic N) is 2. The zero-order chi connectivity index (χ0) is 22.0. The number of fused-ring (bicyclic) bond motifs is 1. The molecule has 0 atom stereocenters. The molecule has 4 rings (SSSR count). The predicted molar refractivity (Wildman–Crippen MR) is 116 cm³/mol. The molecule has 0 spiro atoms. The van der Waals surface area contributed by atoms with E-state index in [4.69, 9.17) is 4.74 Å². The summed E-state index contributed by atoms with van der Waals surface area (Å²) in [5.74, 6) is 0.432. The van der Waals surface area contributed by atoms with Crippen LogP contribution in [0.5, 0.6) is 0 Å². The Balaban J connectivity index is 1.48. The highest BCUT2D eigenvalue weighted by Crippen LogP contribution is 2.31. The lowest BCUT2D eigenvalue weighted by molar-refractivity contribution is -0.124. The first-order valence-electron chi connectivity index (χ1n) is 11.1. The Morgan fingerprint density at radius 2 is 1.84 bits per heavy atom. The van der Waals surface area contributed by atoms with E-state index in [1.54, 1.807) is 12.1 Å². The highest BCUT2D eigenvalue weighted by Gasteiger charge is 2.31. The predicted octanol–water partition coefficient (Wildman–Crippen LogP) is 1.68. The number of anilines is 1. The van der Waals surface area contributed by atoms with Gasteiger partial charge >= 0.3 is 0 Å². The Morgan fingerprint density at radius 1 is 1.13 bits per heavy atom. The minimum absolute atomic E-state index is 0.0343. The molecular weight excluding hydrogens is 418 g/mol. The maximum absolute atomic E-state index is 13.0. The Kier molecular flexibility index (Phi) is 6.64. The fraction of sp³-hybridized carbons (Fsp3) is 0.636. The van der Waals surface area contributed by atoms with Crippen LogP contribution in [0.2, 0.25) is 0 Å². The van der Waals surface area contributed by atoms with Gasteiger partial charge < -0.3 is 15.0 Å². The van der Waals surface area contributed by atoms with Crippen molar-refractivity contribution in [2.45, 2.75) is 56.4 Å². The Labute approximate surface area is 184 Å². The minimum atomic E-state index is -3.60. The summed E-state index contributed by atoms with van der Waals surface area (Å²) in [6, 6.07) is 5.02. The smallest absolute Gasteiger partial charge is 0.243 e. The van der Waals surface area contributed by atoms with Crippen LogP contribution < -0.4 is 10.2 Å². The van der Waals surface area contributed by atoms with E-state index in [1.807, 2.05) is 0 Å². The molecule has 1 aromatic carbocycles. The summed E-state index contributed by atoms with van der Waals surface area (Å²) in [7, 11) is -3.60. The molecule has 2 fully saturated rings. The summed E-state index contributed by atoms with van der Waals surface area (Å²) < 4.78 is 32.6. The molecule has 1 aliphatic carbocycles. The van der Waals surface area contributed by atoms with Gasteiger partial charge in [-0.25, -0.2) is 8.42 Å². The lowest BCUT2D eigenvalue weighted by Gasteiger charge is -2.32. The number of carbonyl (C=O) groups is 2. The van der Waals surface area contributed by atoms with Gasteiger partial charge in [-0.05, 0) is 61.8 Å². The van der Waals surface area contributed by atoms with Gasteiger partial charge in [-0.2, -0.15) is 4.31 Å². The third-order valence-corrected chi connectivity index (χ3v) is 8.44. The third-order valence-electron chi connectivity index (χ3n) is 6.54. The van der Waals surface area contributed by atoms with Crippen LogP contribution in [-0.2, 0) is 30.8 Å². The molecule has 0 bridgehead atoms. The van der Waals surface area contributed by atoms with Gasteiger partial charge in [-0.1, -0.05) is 6.92 Å². The second-order valence-electron chi connectivity index (χ2n) is 8.81. The van der Waals surface area contributed by atoms with E-state index >= 15 is 0 Å². The lowest BCUT2D eigenvalue weighted by atomic mass is 9.87. The highest BCUT2D eigenvalue weighted by atomic mass is 32.2. The topological polar surface area (TPSA) is 96.0 Å². The van der Waals surface area contributed by atoms with E-state index in [9.17, 15) is 18.0 Å². The molecule has 2 heterocycles. The van der Waals surface area contributed by atoms with Crippen LogP contribution in [0.15, 0.2) is 23.1 Å². The van der Waals surface area contributed by atoms with Crippen LogP contribution in [-0.4, -0.2) is 63.4 Å². The van der Waals surface area contributed by atoms with Gasteiger partial charge in [0.05, 0.1) is 18.1 Å². The Bertz CT molecular complexity index is 934. The van der Waals surface area contributed by atoms with Crippen molar-refractivity contribution in [3.8, 4) is 0 Å². The van der Waals surface area contributed by atoms with Crippen molar-refractivity contribution in [1.29, 1.82) is 0 Å². The van der Waals surface area contributed by atoms with Crippen molar-refractivity contribution in [1.82, 2.24) is 9.62 Å². The van der Waals surface area contributed by atoms with E-state index in [0.29, 0.717) is 44.3 Å². The standard InChI is InChI=1S/C22H31N3O5S/c1-16-2-5-18(6-3-16)23-21(26)15-25-20-8-7-19(14-17(20)4-9-22(25)27)31(28,29)24-10-12-30-13-11-24/h7-8,14,16,18H,2-6,9-13,15H2,1H3,(H,23,26). The maximum atomic E-state index is 13.0. The molecule has 1 saturated heterocycles. The fourth-order valence-electron chi connectivity index (χ4n) is 4.63. The number of rotatable bonds is 5. The Hall–Kier alpha value is -1.97. The van der Waals surface area contributed by atoms with E-state index in [0.717, 1.165) is 31.2 Å². The van der Waals surface area contributed by atoms with E-state index in [2.05, 4.69) is 12.2 Å². The molecule has 0 unspecified atom stereocenters. The average Bonchev–Trinajstić information content (AvgIpc) is 2.77. The number of ether oxygens (including phenoxy) is 1. The van der Waals surface area contributed by atoms with Crippen LogP contribution in [0.4, 0.5) is 5.69 Å². The summed E-state index contributed by atoms with van der Waals surface area (Å²) in [6.45, 7) is 3.65. The molecule has 0 aromatic heterocycles. The number of morpholine rings is 1. The molecule has 2 aliphatic heterocycles. The minimum Gasteiger partial charge on any atom is -0.379 e. The number of sulfonamides is 1. The first-order valence-corrected chi connectivity index (χ1v) is 12.6. The molecule has 31 heavy (non-hydrogen) atoms. The van der Waals surface area contributed by atoms with Crippen LogP contribution in [0.25, 0.3) is 0 Å². The Morgan fingerprint density at radius 3 is 2.55 bits per heavy atom. The van der Waals surface area contributed by atoms with Crippen LogP contribution in [0.3, 0.4) is 0 Å². The quantitative estimate of drug-likeness (QED) is 0.738. The third kappa shape index (κ3) is 4.94. The second kappa shape index (κ2) is 9.26. The van der Waals surface area contributed by atoms with Crippen molar-refractivity contribution >= 4 is 27.5 Å². The molecular formula is C22H31N3O5S. The normalized spacial score (nSPS) is 25.2. The zero-order valence-electron chi connectivity index (χ0n) is 18.0. The first kappa shape index (κ1) is 22.2. The van der Waals surface area contributed by atoms with Crippen LogP contribution in [0, 0.1) is 5.92 Å². The molecule has 170 valence electrons. The van der Waals surface area contributed by atoms with Crippen molar-refractivity contribution in [2.24, 2.45) is 5.92 Å². The number of amides is 2. The van der Waals surface area contributed by atoms with Gasteiger partial charge in [0.25, 0.3) is 0 Å². The first-order chi connectivity index (χ1) is 14.8. The number of nitrogens with one attached hydrogen (secondary N) is 1. The highest BCUT2D eigenvalue weighted by molar-refractivity contribution is 7.89. The molecule has 1 aromatic rings. The number of hydrogen-bond acceptors (Lipinski definition) is 5. The average molecular weight is 450 g/mol. The zero-order valence-corrected chi connectivity index (χ0v) is 18.8. The van der Waals surface area contributed by atoms with Gasteiger partial charge in [0, 0.05) is 31.2 Å².